The number of sulfonamides is 1. The van der Waals surface area contributed by atoms with Gasteiger partial charge in [0.15, 0.2) is 0 Å². The molecule has 2 amide bonds. The first-order valence-electron chi connectivity index (χ1n) is 11.6. The van der Waals surface area contributed by atoms with Crippen LogP contribution in [0.4, 0.5) is 11.4 Å². The van der Waals surface area contributed by atoms with Crippen molar-refractivity contribution < 1.29 is 18.0 Å². The van der Waals surface area contributed by atoms with E-state index in [0.717, 1.165) is 31.2 Å². The van der Waals surface area contributed by atoms with E-state index >= 15 is 0 Å². The third kappa shape index (κ3) is 7.12. The van der Waals surface area contributed by atoms with Crippen LogP contribution in [0.1, 0.15) is 36.8 Å². The Hall–Kier alpha value is -2.75. The number of aryl methyl sites for hydroxylation is 2. The van der Waals surface area contributed by atoms with E-state index in [1.807, 2.05) is 31.2 Å². The van der Waals surface area contributed by atoms with Crippen LogP contribution in [-0.2, 0) is 19.6 Å². The number of benzene rings is 2. The highest BCUT2D eigenvalue weighted by Gasteiger charge is 2.27. The zero-order valence-corrected chi connectivity index (χ0v) is 21.0. The Morgan fingerprint density at radius 2 is 1.38 bits per heavy atom. The van der Waals surface area contributed by atoms with Crippen LogP contribution in [0.3, 0.4) is 0 Å². The highest BCUT2D eigenvalue weighted by molar-refractivity contribution is 7.89. The van der Waals surface area contributed by atoms with Gasteiger partial charge in [0.05, 0.1) is 18.0 Å². The van der Waals surface area contributed by atoms with Crippen molar-refractivity contribution in [2.45, 2.75) is 44.4 Å². The summed E-state index contributed by atoms with van der Waals surface area (Å²) in [6.07, 6.45) is 3.80. The number of carbonyl (C=O) groups is 2. The number of amides is 2. The van der Waals surface area contributed by atoms with E-state index in [0.29, 0.717) is 30.0 Å². The van der Waals surface area contributed by atoms with Gasteiger partial charge in [-0.25, -0.2) is 8.42 Å². The molecule has 1 saturated heterocycles. The van der Waals surface area contributed by atoms with Gasteiger partial charge >= 0.3 is 0 Å². The first-order valence-corrected chi connectivity index (χ1v) is 13.0. The van der Waals surface area contributed by atoms with Gasteiger partial charge in [-0.1, -0.05) is 36.6 Å². The second-order valence-electron chi connectivity index (χ2n) is 8.93. The van der Waals surface area contributed by atoms with Gasteiger partial charge in [-0.15, -0.1) is 0 Å². The number of likely N-dealkylation sites (N-methyl/N-ethyl adjacent to an activating group) is 1. The highest BCUT2D eigenvalue weighted by Crippen LogP contribution is 2.25. The Bertz CT molecular complexity index is 1110. The molecule has 34 heavy (non-hydrogen) atoms. The van der Waals surface area contributed by atoms with Crippen molar-refractivity contribution in [3.8, 4) is 0 Å². The van der Waals surface area contributed by atoms with E-state index in [1.54, 1.807) is 35.3 Å². The fourth-order valence-electron chi connectivity index (χ4n) is 3.96. The topological polar surface area (TPSA) is 98.8 Å². The minimum absolute atomic E-state index is 0.0105. The first-order chi connectivity index (χ1) is 16.1. The van der Waals surface area contributed by atoms with Crippen LogP contribution >= 0.6 is 0 Å². The number of nitrogens with one attached hydrogen (secondary N) is 2. The molecule has 2 aromatic rings. The van der Waals surface area contributed by atoms with Gasteiger partial charge in [0.25, 0.3) is 0 Å². The molecule has 0 saturated carbocycles. The molecule has 0 radical (unpaired) electrons. The van der Waals surface area contributed by atoms with Gasteiger partial charge in [-0.3, -0.25) is 14.5 Å². The highest BCUT2D eigenvalue weighted by atomic mass is 32.2. The molecule has 0 spiro atoms. The normalized spacial score (nSPS) is 15.1. The molecule has 1 fully saturated rings. The van der Waals surface area contributed by atoms with Gasteiger partial charge in [0.1, 0.15) is 0 Å². The van der Waals surface area contributed by atoms with E-state index in [2.05, 4.69) is 10.6 Å². The molecule has 3 rings (SSSR count). The maximum absolute atomic E-state index is 13.2. The molecule has 1 aliphatic rings. The quantitative estimate of drug-likeness (QED) is 0.596. The zero-order valence-electron chi connectivity index (χ0n) is 20.1. The van der Waals surface area contributed by atoms with Crippen molar-refractivity contribution in [3.05, 3.63) is 53.6 Å². The third-order valence-electron chi connectivity index (χ3n) is 5.82. The standard InChI is InChI=1S/C25H34N4O4S/c1-19-8-11-21(12-9-19)26-24(30)17-28(3)18-25(31)27-22-13-10-20(2)23(16-22)34(32,33)29-14-6-4-5-7-15-29/h8-13,16H,4-7,14-15,17-18H2,1-3H3,(H,26,30)(H,27,31). The molecule has 2 aromatic carbocycles. The molecule has 0 aromatic heterocycles. The molecule has 0 unspecified atom stereocenters. The van der Waals surface area contributed by atoms with Crippen LogP contribution < -0.4 is 10.6 Å². The number of hydrogen-bond acceptors (Lipinski definition) is 5. The minimum Gasteiger partial charge on any atom is -0.325 e. The van der Waals surface area contributed by atoms with Crippen LogP contribution in [0.15, 0.2) is 47.4 Å². The van der Waals surface area contributed by atoms with E-state index in [1.165, 1.54) is 6.07 Å². The number of carbonyl (C=O) groups excluding carboxylic acids is 2. The van der Waals surface area contributed by atoms with Crippen molar-refractivity contribution in [2.24, 2.45) is 0 Å². The fourth-order valence-corrected chi connectivity index (χ4v) is 5.73. The van der Waals surface area contributed by atoms with Crippen molar-refractivity contribution in [1.29, 1.82) is 0 Å². The maximum Gasteiger partial charge on any atom is 0.243 e. The lowest BCUT2D eigenvalue weighted by molar-refractivity contribution is -0.119. The third-order valence-corrected chi connectivity index (χ3v) is 7.86. The second-order valence-corrected chi connectivity index (χ2v) is 10.8. The van der Waals surface area contributed by atoms with Crippen molar-refractivity contribution in [2.75, 3.05) is 43.9 Å². The monoisotopic (exact) mass is 486 g/mol. The molecule has 1 aliphatic heterocycles. The molecular weight excluding hydrogens is 452 g/mol. The van der Waals surface area contributed by atoms with Crippen molar-refractivity contribution in [1.82, 2.24) is 9.21 Å². The Balaban J connectivity index is 1.59. The predicted octanol–water partition coefficient (Wildman–Crippen LogP) is 3.38. The summed E-state index contributed by atoms with van der Waals surface area (Å²) in [5.41, 5.74) is 2.87. The molecular formula is C25H34N4O4S. The summed E-state index contributed by atoms with van der Waals surface area (Å²) in [6, 6.07) is 12.4. The van der Waals surface area contributed by atoms with Crippen LogP contribution in [-0.4, -0.2) is 62.7 Å². The summed E-state index contributed by atoms with van der Waals surface area (Å²) in [5, 5.41) is 5.57. The maximum atomic E-state index is 13.2. The van der Waals surface area contributed by atoms with E-state index in [4.69, 9.17) is 0 Å². The van der Waals surface area contributed by atoms with E-state index < -0.39 is 10.0 Å². The first kappa shape index (κ1) is 25.9. The van der Waals surface area contributed by atoms with Gasteiger partial charge in [-0.05, 0) is 63.6 Å². The minimum atomic E-state index is -3.63. The van der Waals surface area contributed by atoms with Crippen LogP contribution in [0.2, 0.25) is 0 Å². The lowest BCUT2D eigenvalue weighted by Gasteiger charge is -2.22. The number of hydrogen-bond donors (Lipinski definition) is 2. The Morgan fingerprint density at radius 3 is 1.97 bits per heavy atom. The Kier molecular flexibility index (Phi) is 8.82. The molecule has 0 atom stereocenters. The lowest BCUT2D eigenvalue weighted by atomic mass is 10.2. The summed E-state index contributed by atoms with van der Waals surface area (Å²) in [6.45, 7) is 4.81. The average molecular weight is 487 g/mol. The summed E-state index contributed by atoms with van der Waals surface area (Å²) in [5.74, 6) is -0.548. The summed E-state index contributed by atoms with van der Waals surface area (Å²) >= 11 is 0. The van der Waals surface area contributed by atoms with Gasteiger partial charge in [0, 0.05) is 24.5 Å². The molecule has 9 heteroatoms. The fraction of sp³-hybridized carbons (Fsp3) is 0.440. The molecule has 0 aliphatic carbocycles. The number of anilines is 2. The van der Waals surface area contributed by atoms with Gasteiger partial charge < -0.3 is 10.6 Å². The molecule has 184 valence electrons. The van der Waals surface area contributed by atoms with Gasteiger partial charge in [-0.2, -0.15) is 4.31 Å². The predicted molar refractivity (Wildman–Crippen MR) is 134 cm³/mol. The van der Waals surface area contributed by atoms with Crippen LogP contribution in [0.25, 0.3) is 0 Å². The van der Waals surface area contributed by atoms with Crippen molar-refractivity contribution >= 4 is 33.2 Å². The van der Waals surface area contributed by atoms with Crippen molar-refractivity contribution in [3.63, 3.8) is 0 Å². The lowest BCUT2D eigenvalue weighted by Crippen LogP contribution is -2.36. The molecule has 2 N–H and O–H groups in total. The zero-order chi connectivity index (χ0) is 24.7. The van der Waals surface area contributed by atoms with Gasteiger partial charge in [0.2, 0.25) is 21.8 Å². The molecule has 0 bridgehead atoms. The Labute approximate surface area is 202 Å². The van der Waals surface area contributed by atoms with Crippen LogP contribution in [0, 0.1) is 13.8 Å². The molecule has 1 heterocycles. The second kappa shape index (κ2) is 11.6. The molecule has 8 nitrogen and oxygen atoms in total. The Morgan fingerprint density at radius 1 is 0.853 bits per heavy atom. The van der Waals surface area contributed by atoms with E-state index in [-0.39, 0.29) is 29.8 Å². The number of nitrogens with zero attached hydrogens (tertiary/aromatic N) is 2. The van der Waals surface area contributed by atoms with Crippen LogP contribution in [0.5, 0.6) is 0 Å². The SMILES string of the molecule is Cc1ccc(NC(=O)CN(C)CC(=O)Nc2ccc(C)c(S(=O)(=O)N3CCCCCC3)c2)cc1. The average Bonchev–Trinajstić information content (AvgIpc) is 3.06. The number of rotatable bonds is 8. The summed E-state index contributed by atoms with van der Waals surface area (Å²) in [4.78, 5) is 26.6. The summed E-state index contributed by atoms with van der Waals surface area (Å²) in [7, 11) is -1.95. The van der Waals surface area contributed by atoms with E-state index in [9.17, 15) is 18.0 Å². The smallest absolute Gasteiger partial charge is 0.243 e. The summed E-state index contributed by atoms with van der Waals surface area (Å²) < 4.78 is 28.0. The largest absolute Gasteiger partial charge is 0.325 e.